The lowest BCUT2D eigenvalue weighted by Gasteiger charge is -2.28. The number of anilines is 1. The molecule has 1 aromatic carbocycles. The molecule has 4 N–H and O–H groups in total. The molecule has 5 atom stereocenters. The lowest BCUT2D eigenvalue weighted by Crippen LogP contribution is -2.54. The smallest absolute Gasteiger partial charge is 0.310 e. The van der Waals surface area contributed by atoms with Gasteiger partial charge in [-0.15, -0.1) is 0 Å². The maximum atomic E-state index is 14.2. The van der Waals surface area contributed by atoms with Gasteiger partial charge in [-0.1, -0.05) is 11.6 Å². The van der Waals surface area contributed by atoms with Crippen LogP contribution in [0.15, 0.2) is 18.2 Å². The molecule has 2 aliphatic rings. The summed E-state index contributed by atoms with van der Waals surface area (Å²) in [5, 5.41) is 5.35. The number of benzene rings is 1. The highest BCUT2D eigenvalue weighted by molar-refractivity contribution is 6.33. The van der Waals surface area contributed by atoms with Gasteiger partial charge in [-0.25, -0.2) is 4.39 Å². The highest BCUT2D eigenvalue weighted by Gasteiger charge is 2.44. The largest absolute Gasteiger partial charge is 0.433 e. The van der Waals surface area contributed by atoms with Crippen molar-refractivity contribution in [2.75, 3.05) is 18.9 Å². The van der Waals surface area contributed by atoms with Crippen LogP contribution >= 0.6 is 11.6 Å². The number of nitrogens with two attached hydrogens (primary N) is 1. The molecule has 3 rings (SSSR count). The number of cyclic esters (lactones) is 1. The van der Waals surface area contributed by atoms with Gasteiger partial charge < -0.3 is 30.7 Å². The summed E-state index contributed by atoms with van der Waals surface area (Å²) in [5.41, 5.74) is 6.14. The fraction of sp³-hybridized carbons (Fsp3) is 0.524. The number of amides is 3. The lowest BCUT2D eigenvalue weighted by molar-refractivity contribution is -0.164. The van der Waals surface area contributed by atoms with Crippen molar-refractivity contribution in [3.8, 4) is 0 Å². The summed E-state index contributed by atoms with van der Waals surface area (Å²) < 4.78 is 24.5. The minimum Gasteiger partial charge on any atom is -0.433 e. The fourth-order valence-corrected chi connectivity index (χ4v) is 3.96. The first-order chi connectivity index (χ1) is 15.6. The Morgan fingerprint density at radius 3 is 2.79 bits per heavy atom. The van der Waals surface area contributed by atoms with Crippen LogP contribution in [0.25, 0.3) is 0 Å². The first kappa shape index (κ1) is 24.7. The van der Waals surface area contributed by atoms with Gasteiger partial charge in [0.25, 0.3) is 5.91 Å². The van der Waals surface area contributed by atoms with Crippen LogP contribution in [0.5, 0.6) is 0 Å². The number of nitrogens with zero attached hydrogens (tertiary/aromatic N) is 1. The predicted octanol–water partition coefficient (Wildman–Crippen LogP) is 0.774. The Morgan fingerprint density at radius 2 is 2.12 bits per heavy atom. The monoisotopic (exact) mass is 484 g/mol. The van der Waals surface area contributed by atoms with E-state index in [1.807, 2.05) is 0 Å². The molecule has 0 bridgehead atoms. The number of ether oxygens (including phenoxy) is 2. The van der Waals surface area contributed by atoms with E-state index in [4.69, 9.17) is 26.8 Å². The molecule has 12 heteroatoms. The highest BCUT2D eigenvalue weighted by atomic mass is 35.5. The summed E-state index contributed by atoms with van der Waals surface area (Å²) in [6.07, 6.45) is -2.64. The van der Waals surface area contributed by atoms with Crippen LogP contribution in [0.1, 0.15) is 37.0 Å². The second kappa shape index (κ2) is 10.3. The van der Waals surface area contributed by atoms with E-state index >= 15 is 0 Å². The summed E-state index contributed by atoms with van der Waals surface area (Å²) >= 11 is 5.93. The number of halogens is 2. The van der Waals surface area contributed by atoms with Crippen LogP contribution in [0.4, 0.5) is 10.1 Å². The van der Waals surface area contributed by atoms with Crippen molar-refractivity contribution in [2.45, 2.75) is 57.3 Å². The number of hydrogen-bond donors (Lipinski definition) is 3. The zero-order chi connectivity index (χ0) is 24.3. The van der Waals surface area contributed by atoms with E-state index in [9.17, 15) is 23.6 Å². The van der Waals surface area contributed by atoms with E-state index in [2.05, 4.69) is 10.6 Å². The minimum atomic E-state index is -1.41. The molecule has 3 amide bonds. The van der Waals surface area contributed by atoms with Crippen LogP contribution in [-0.2, 0) is 23.9 Å². The van der Waals surface area contributed by atoms with Gasteiger partial charge in [-0.05, 0) is 32.0 Å². The highest BCUT2D eigenvalue weighted by Crippen LogP contribution is 2.24. The summed E-state index contributed by atoms with van der Waals surface area (Å²) in [6.45, 7) is 3.12. The van der Waals surface area contributed by atoms with Crippen LogP contribution < -0.4 is 16.4 Å². The molecule has 2 aliphatic heterocycles. The molecule has 0 spiro atoms. The molecular weight excluding hydrogens is 459 g/mol. The van der Waals surface area contributed by atoms with Gasteiger partial charge in [-0.3, -0.25) is 19.2 Å². The van der Waals surface area contributed by atoms with E-state index < -0.39 is 54.3 Å². The maximum Gasteiger partial charge on any atom is 0.310 e. The zero-order valence-electron chi connectivity index (χ0n) is 18.2. The zero-order valence-corrected chi connectivity index (χ0v) is 18.9. The molecule has 0 aliphatic carbocycles. The third-order valence-corrected chi connectivity index (χ3v) is 5.77. The summed E-state index contributed by atoms with van der Waals surface area (Å²) in [4.78, 5) is 51.0. The van der Waals surface area contributed by atoms with E-state index in [0.717, 1.165) is 4.90 Å². The van der Waals surface area contributed by atoms with Crippen LogP contribution in [0.3, 0.4) is 0 Å². The SMILES string of the molecule is CCOC1OC(=O)CC1NC(=O)[C@@H]1CC(F)CN1C(=O)[C@H](C)NC(=O)c1ccc(N)c(Cl)c1. The van der Waals surface area contributed by atoms with Crippen molar-refractivity contribution in [3.05, 3.63) is 28.8 Å². The second-order valence-corrected chi connectivity index (χ2v) is 8.31. The number of carbonyl (C=O) groups excluding carboxylic acids is 4. The molecule has 1 aromatic rings. The average Bonchev–Trinajstić information content (AvgIpc) is 3.31. The second-order valence-electron chi connectivity index (χ2n) is 7.90. The Labute approximate surface area is 194 Å². The van der Waals surface area contributed by atoms with Crippen molar-refractivity contribution in [1.29, 1.82) is 0 Å². The molecular formula is C21H26ClFN4O6. The van der Waals surface area contributed by atoms with Gasteiger partial charge >= 0.3 is 5.97 Å². The first-order valence-electron chi connectivity index (χ1n) is 10.5. The Balaban J connectivity index is 1.65. The van der Waals surface area contributed by atoms with Gasteiger partial charge in [0.05, 0.1) is 23.7 Å². The molecule has 3 unspecified atom stereocenters. The fourth-order valence-electron chi connectivity index (χ4n) is 3.78. The molecule has 0 aromatic heterocycles. The Bertz CT molecular complexity index is 947. The van der Waals surface area contributed by atoms with E-state index in [1.54, 1.807) is 6.92 Å². The molecule has 2 saturated heterocycles. The van der Waals surface area contributed by atoms with Gasteiger partial charge in [0.2, 0.25) is 18.1 Å². The summed E-state index contributed by atoms with van der Waals surface area (Å²) in [7, 11) is 0. The number of nitrogens with one attached hydrogen (secondary N) is 2. The Hall–Kier alpha value is -2.92. The van der Waals surface area contributed by atoms with Crippen molar-refractivity contribution < 1.29 is 33.0 Å². The molecule has 2 fully saturated rings. The van der Waals surface area contributed by atoms with Crippen LogP contribution in [-0.4, -0.2) is 72.3 Å². The summed E-state index contributed by atoms with van der Waals surface area (Å²) in [5.74, 6) is -2.35. The normalized spacial score (nSPS) is 25.5. The third-order valence-electron chi connectivity index (χ3n) is 5.44. The van der Waals surface area contributed by atoms with Crippen LogP contribution in [0.2, 0.25) is 5.02 Å². The van der Waals surface area contributed by atoms with E-state index in [-0.39, 0.29) is 36.6 Å². The standard InChI is InChI=1S/C21H26ClFN4O6/c1-3-32-21-15(8-17(28)33-21)26-19(30)16-7-12(23)9-27(16)20(31)10(2)25-18(29)11-4-5-14(24)13(22)6-11/h4-6,10,12,15-16,21H,3,7-9,24H2,1-2H3,(H,25,29)(H,26,30)/t10-,12?,15?,16-,21?/m0/s1. The Kier molecular flexibility index (Phi) is 7.75. The minimum absolute atomic E-state index is 0.0905. The molecule has 180 valence electrons. The molecule has 10 nitrogen and oxygen atoms in total. The molecule has 2 heterocycles. The molecule has 33 heavy (non-hydrogen) atoms. The lowest BCUT2D eigenvalue weighted by atomic mass is 10.1. The van der Waals surface area contributed by atoms with Crippen molar-refractivity contribution in [3.63, 3.8) is 0 Å². The topological polar surface area (TPSA) is 140 Å². The van der Waals surface area contributed by atoms with Crippen molar-refractivity contribution in [1.82, 2.24) is 15.5 Å². The number of alkyl halides is 1. The van der Waals surface area contributed by atoms with Gasteiger partial charge in [0, 0.05) is 18.6 Å². The van der Waals surface area contributed by atoms with Gasteiger partial charge in [0.15, 0.2) is 0 Å². The van der Waals surface area contributed by atoms with Crippen molar-refractivity contribution >= 4 is 41.0 Å². The average molecular weight is 485 g/mol. The van der Waals surface area contributed by atoms with Crippen LogP contribution in [0, 0.1) is 0 Å². The number of likely N-dealkylation sites (tertiary alicyclic amines) is 1. The van der Waals surface area contributed by atoms with E-state index in [1.165, 1.54) is 25.1 Å². The Morgan fingerprint density at radius 1 is 1.39 bits per heavy atom. The number of esters is 1. The number of nitrogen functional groups attached to an aromatic ring is 1. The number of carbonyl (C=O) groups is 4. The van der Waals surface area contributed by atoms with Gasteiger partial charge in [0.1, 0.15) is 24.3 Å². The maximum absolute atomic E-state index is 14.2. The molecule has 0 saturated carbocycles. The van der Waals surface area contributed by atoms with E-state index in [0.29, 0.717) is 5.69 Å². The number of hydrogen-bond acceptors (Lipinski definition) is 7. The number of rotatable bonds is 7. The third kappa shape index (κ3) is 5.72. The predicted molar refractivity (Wildman–Crippen MR) is 116 cm³/mol. The van der Waals surface area contributed by atoms with Crippen molar-refractivity contribution in [2.24, 2.45) is 0 Å². The van der Waals surface area contributed by atoms with Gasteiger partial charge in [-0.2, -0.15) is 0 Å². The first-order valence-corrected chi connectivity index (χ1v) is 10.9. The molecule has 0 radical (unpaired) electrons. The quantitative estimate of drug-likeness (QED) is 0.383. The summed E-state index contributed by atoms with van der Waals surface area (Å²) in [6, 6.07) is 1.40.